The molecule has 0 N–H and O–H groups in total. The van der Waals surface area contributed by atoms with Crippen LogP contribution in [0.4, 0.5) is 5.69 Å². The number of rotatable bonds is 7. The van der Waals surface area contributed by atoms with Crippen LogP contribution in [0.3, 0.4) is 0 Å². The lowest BCUT2D eigenvalue weighted by atomic mass is 9.84. The number of hydrogen-bond donors (Lipinski definition) is 0. The van der Waals surface area contributed by atoms with Crippen molar-refractivity contribution in [1.29, 1.82) is 0 Å². The van der Waals surface area contributed by atoms with Crippen LogP contribution in [0.25, 0.3) is 0 Å². The van der Waals surface area contributed by atoms with Crippen molar-refractivity contribution >= 4 is 17.3 Å². The summed E-state index contributed by atoms with van der Waals surface area (Å²) < 4.78 is 6.49. The van der Waals surface area contributed by atoms with E-state index in [1.54, 1.807) is 0 Å². The maximum absolute atomic E-state index is 6.49. The summed E-state index contributed by atoms with van der Waals surface area (Å²) in [5.41, 5.74) is 6.82. The van der Waals surface area contributed by atoms with Crippen molar-refractivity contribution in [3.63, 3.8) is 0 Å². The molecule has 0 spiro atoms. The molecule has 0 atom stereocenters. The van der Waals surface area contributed by atoms with Gasteiger partial charge in [0, 0.05) is 5.56 Å². The van der Waals surface area contributed by atoms with Gasteiger partial charge in [0.2, 0.25) is 5.90 Å². The summed E-state index contributed by atoms with van der Waals surface area (Å²) in [5.74, 6) is 1.26. The van der Waals surface area contributed by atoms with E-state index in [2.05, 4.69) is 107 Å². The van der Waals surface area contributed by atoms with E-state index in [4.69, 9.17) is 14.7 Å². The van der Waals surface area contributed by atoms with Gasteiger partial charge in [0.1, 0.15) is 17.9 Å². The van der Waals surface area contributed by atoms with Crippen LogP contribution in [0.15, 0.2) is 119 Å². The number of benzene rings is 4. The van der Waals surface area contributed by atoms with Crippen LogP contribution >= 0.6 is 0 Å². The number of hydrogen-bond acceptors (Lipinski definition) is 3. The second-order valence-electron chi connectivity index (χ2n) is 10.2. The first-order valence-electron chi connectivity index (χ1n) is 13.1. The highest BCUT2D eigenvalue weighted by Crippen LogP contribution is 2.40. The Morgan fingerprint density at radius 2 is 1.16 bits per heavy atom. The van der Waals surface area contributed by atoms with Gasteiger partial charge in [-0.3, -0.25) is 0 Å². The average molecular weight is 487 g/mol. The minimum atomic E-state index is -0.633. The summed E-state index contributed by atoms with van der Waals surface area (Å²) >= 11 is 0. The normalized spacial score (nSPS) is 15.1. The topological polar surface area (TPSA) is 34.0 Å². The van der Waals surface area contributed by atoms with Crippen LogP contribution < -0.4 is 0 Å². The first kappa shape index (κ1) is 24.7. The van der Waals surface area contributed by atoms with Crippen molar-refractivity contribution in [3.8, 4) is 0 Å². The van der Waals surface area contributed by atoms with Gasteiger partial charge in [-0.1, -0.05) is 137 Å². The van der Waals surface area contributed by atoms with Gasteiger partial charge >= 0.3 is 0 Å². The fourth-order valence-electron chi connectivity index (χ4n) is 5.01. The largest absolute Gasteiger partial charge is 0.473 e. The fraction of sp³-hybridized carbons (Fsp3) is 0.235. The van der Waals surface area contributed by atoms with Gasteiger partial charge in [-0.2, -0.15) is 0 Å². The molecular weight excluding hydrogens is 452 g/mol. The van der Waals surface area contributed by atoms with E-state index in [0.717, 1.165) is 28.1 Å². The van der Waals surface area contributed by atoms with Crippen LogP contribution in [-0.4, -0.2) is 18.2 Å². The molecule has 0 fully saturated rings. The zero-order valence-corrected chi connectivity index (χ0v) is 22.1. The van der Waals surface area contributed by atoms with Crippen molar-refractivity contribution in [3.05, 3.63) is 137 Å². The van der Waals surface area contributed by atoms with E-state index in [9.17, 15) is 0 Å². The Bertz CT molecular complexity index is 1340. The molecule has 4 aromatic carbocycles. The third-order valence-corrected chi connectivity index (χ3v) is 7.03. The Balaban J connectivity index is 1.75. The molecule has 186 valence electrons. The Hall–Kier alpha value is -3.98. The molecule has 0 amide bonds. The summed E-state index contributed by atoms with van der Waals surface area (Å²) in [6, 6.07) is 37.7. The van der Waals surface area contributed by atoms with Crippen LogP contribution in [0.1, 0.15) is 67.3 Å². The van der Waals surface area contributed by atoms with E-state index in [-0.39, 0.29) is 0 Å². The molecule has 4 aromatic rings. The molecule has 0 radical (unpaired) electrons. The molecule has 3 nitrogen and oxygen atoms in total. The van der Waals surface area contributed by atoms with Crippen molar-refractivity contribution in [1.82, 2.24) is 0 Å². The van der Waals surface area contributed by atoms with Crippen LogP contribution in [0.2, 0.25) is 0 Å². The Morgan fingerprint density at radius 3 is 1.65 bits per heavy atom. The van der Waals surface area contributed by atoms with Crippen molar-refractivity contribution in [2.24, 2.45) is 9.98 Å². The van der Waals surface area contributed by atoms with Crippen LogP contribution in [0.5, 0.6) is 0 Å². The summed E-state index contributed by atoms with van der Waals surface area (Å²) in [6.45, 7) is 9.31. The van der Waals surface area contributed by atoms with E-state index in [1.807, 2.05) is 30.3 Å². The molecule has 1 aliphatic rings. The second kappa shape index (κ2) is 10.6. The quantitative estimate of drug-likeness (QED) is 0.241. The highest BCUT2D eigenvalue weighted by atomic mass is 16.5. The Labute approximate surface area is 220 Å². The molecule has 0 saturated carbocycles. The first-order chi connectivity index (χ1) is 18.0. The summed E-state index contributed by atoms with van der Waals surface area (Å²) in [7, 11) is 0. The van der Waals surface area contributed by atoms with Crippen molar-refractivity contribution < 1.29 is 4.74 Å². The first-order valence-corrected chi connectivity index (χ1v) is 13.1. The molecule has 0 bridgehead atoms. The van der Waals surface area contributed by atoms with Gasteiger partial charge in [0.15, 0.2) is 0 Å². The molecule has 37 heavy (non-hydrogen) atoms. The molecule has 0 unspecified atom stereocenters. The molecule has 3 heteroatoms. The van der Waals surface area contributed by atoms with Gasteiger partial charge in [-0.05, 0) is 34.1 Å². The second-order valence-corrected chi connectivity index (χ2v) is 10.2. The molecular formula is C34H34N2O. The summed E-state index contributed by atoms with van der Waals surface area (Å²) in [6.07, 6.45) is 0. The molecule has 1 heterocycles. The highest BCUT2D eigenvalue weighted by molar-refractivity contribution is 6.46. The summed E-state index contributed by atoms with van der Waals surface area (Å²) in [5, 5.41) is 0. The lowest BCUT2D eigenvalue weighted by molar-refractivity contribution is 0.285. The Morgan fingerprint density at radius 1 is 0.676 bits per heavy atom. The Kier molecular flexibility index (Phi) is 7.05. The van der Waals surface area contributed by atoms with Gasteiger partial charge in [-0.15, -0.1) is 0 Å². The zero-order valence-electron chi connectivity index (χ0n) is 22.1. The minimum absolute atomic E-state index is 0.341. The van der Waals surface area contributed by atoms with Crippen LogP contribution in [-0.2, 0) is 10.3 Å². The zero-order chi connectivity index (χ0) is 25.8. The molecule has 5 rings (SSSR count). The lowest BCUT2D eigenvalue weighted by Gasteiger charge is -2.25. The maximum Gasteiger partial charge on any atom is 0.237 e. The third kappa shape index (κ3) is 4.86. The van der Waals surface area contributed by atoms with E-state index in [0.29, 0.717) is 24.3 Å². The predicted octanol–water partition coefficient (Wildman–Crippen LogP) is 8.43. The maximum atomic E-state index is 6.49. The number of aliphatic imine (C=N–C) groups is 2. The van der Waals surface area contributed by atoms with Gasteiger partial charge in [0.25, 0.3) is 0 Å². The average Bonchev–Trinajstić information content (AvgIpc) is 3.39. The van der Waals surface area contributed by atoms with Gasteiger partial charge in [-0.25, -0.2) is 9.98 Å². The SMILES string of the molecule is CC(C)c1cccc(C(C)C)c1/N=C(/C1=NC(c2ccccc2)(c2ccccc2)CO1)c1ccccc1. The van der Waals surface area contributed by atoms with Gasteiger partial charge in [0.05, 0.1) is 5.69 Å². The third-order valence-electron chi connectivity index (χ3n) is 7.03. The fourth-order valence-corrected chi connectivity index (χ4v) is 5.01. The van der Waals surface area contributed by atoms with E-state index < -0.39 is 5.54 Å². The van der Waals surface area contributed by atoms with Crippen molar-refractivity contribution in [2.45, 2.75) is 45.1 Å². The van der Waals surface area contributed by atoms with E-state index >= 15 is 0 Å². The van der Waals surface area contributed by atoms with Crippen molar-refractivity contribution in [2.75, 3.05) is 6.61 Å². The number of para-hydroxylation sites is 1. The molecule has 0 aliphatic carbocycles. The van der Waals surface area contributed by atoms with Crippen LogP contribution in [0, 0.1) is 0 Å². The number of ether oxygens (including phenoxy) is 1. The monoisotopic (exact) mass is 486 g/mol. The standard InChI is InChI=1S/C34H34N2O/c1-24(2)29-21-14-22-30(25(3)4)32(29)35-31(26-15-8-5-9-16-26)33-36-34(23-37-33,27-17-10-6-11-18-27)28-19-12-7-13-20-28/h5-22,24-25H,23H2,1-4H3/b35-31+. The molecule has 0 saturated heterocycles. The minimum Gasteiger partial charge on any atom is -0.473 e. The predicted molar refractivity (Wildman–Crippen MR) is 154 cm³/mol. The molecule has 0 aromatic heterocycles. The lowest BCUT2D eigenvalue weighted by Crippen LogP contribution is -2.26. The molecule has 1 aliphatic heterocycles. The highest BCUT2D eigenvalue weighted by Gasteiger charge is 2.41. The summed E-state index contributed by atoms with van der Waals surface area (Å²) in [4.78, 5) is 10.7. The van der Waals surface area contributed by atoms with E-state index in [1.165, 1.54) is 11.1 Å². The smallest absolute Gasteiger partial charge is 0.237 e. The number of nitrogens with zero attached hydrogens (tertiary/aromatic N) is 2. The van der Waals surface area contributed by atoms with Gasteiger partial charge < -0.3 is 4.74 Å².